The molecular weight excluding hydrogens is 472 g/mol. The van der Waals surface area contributed by atoms with Gasteiger partial charge in [-0.1, -0.05) is 37.6 Å². The summed E-state index contributed by atoms with van der Waals surface area (Å²) < 4.78 is 1.83. The van der Waals surface area contributed by atoms with Crippen LogP contribution >= 0.6 is 11.6 Å². The Labute approximate surface area is 217 Å². The van der Waals surface area contributed by atoms with Gasteiger partial charge in [-0.05, 0) is 66.4 Å². The van der Waals surface area contributed by atoms with Crippen LogP contribution in [0.25, 0.3) is 33.2 Å². The summed E-state index contributed by atoms with van der Waals surface area (Å²) in [5.74, 6) is 0.162. The molecule has 4 rings (SSSR count). The number of carbonyl (C=O) groups excluding carboxylic acids is 1. The minimum atomic E-state index is 0.162. The summed E-state index contributed by atoms with van der Waals surface area (Å²) in [6, 6.07) is 18.8. The number of aryl methyl sites for hydroxylation is 3. The van der Waals surface area contributed by atoms with Crippen molar-refractivity contribution in [1.29, 1.82) is 0 Å². The van der Waals surface area contributed by atoms with Crippen LogP contribution in [0.3, 0.4) is 0 Å². The number of aromatic nitrogens is 2. The maximum atomic E-state index is 11.6. The molecule has 36 heavy (non-hydrogen) atoms. The first-order chi connectivity index (χ1) is 17.2. The fourth-order valence-electron chi connectivity index (χ4n) is 3.96. The molecule has 0 aliphatic heterocycles. The first-order valence-electron chi connectivity index (χ1n) is 11.7. The van der Waals surface area contributed by atoms with E-state index in [9.17, 15) is 9.90 Å². The predicted octanol–water partition coefficient (Wildman–Crippen LogP) is 6.35. The van der Waals surface area contributed by atoms with E-state index in [2.05, 4.69) is 23.3 Å². The number of phenolic OH excluding ortho intramolecular Hbond substituents is 1. The number of carbonyl (C=O) groups is 1. The van der Waals surface area contributed by atoms with Crippen molar-refractivity contribution in [3.05, 3.63) is 64.8 Å². The lowest BCUT2D eigenvalue weighted by Gasteiger charge is -2.16. The van der Waals surface area contributed by atoms with Crippen LogP contribution in [0.4, 0.5) is 5.69 Å². The zero-order valence-electron chi connectivity index (χ0n) is 21.7. The molecule has 3 aromatic carbocycles. The molecule has 4 aromatic rings. The number of hydrogen-bond acceptors (Lipinski definition) is 4. The van der Waals surface area contributed by atoms with E-state index in [0.717, 1.165) is 38.7 Å². The highest BCUT2D eigenvalue weighted by atomic mass is 35.5. The van der Waals surface area contributed by atoms with Crippen LogP contribution in [0.1, 0.15) is 25.0 Å². The Hall–Kier alpha value is -3.95. The fourth-order valence-corrected chi connectivity index (χ4v) is 4.23. The number of rotatable bonds is 4. The number of aromatic hydroxyl groups is 1. The van der Waals surface area contributed by atoms with Crippen molar-refractivity contribution in [3.63, 3.8) is 0 Å². The van der Waals surface area contributed by atoms with Crippen LogP contribution < -0.4 is 4.90 Å². The average Bonchev–Trinajstić information content (AvgIpc) is 3.23. The molecule has 1 aromatic heterocycles. The van der Waals surface area contributed by atoms with Crippen LogP contribution in [0, 0.1) is 25.9 Å². The summed E-state index contributed by atoms with van der Waals surface area (Å²) in [4.78, 5) is 14.4. The minimum Gasteiger partial charge on any atom is -0.507 e. The van der Waals surface area contributed by atoms with Gasteiger partial charge < -0.3 is 10.0 Å². The third-order valence-electron chi connectivity index (χ3n) is 5.66. The largest absolute Gasteiger partial charge is 0.507 e. The molecule has 7 heteroatoms. The summed E-state index contributed by atoms with van der Waals surface area (Å²) in [7, 11) is 5.47. The molecule has 1 amide bonds. The highest BCUT2D eigenvalue weighted by molar-refractivity contribution is 6.34. The molecule has 0 aliphatic carbocycles. The molecule has 1 N–H and O–H groups in total. The Morgan fingerprint density at radius 2 is 1.67 bits per heavy atom. The lowest BCUT2D eigenvalue weighted by atomic mass is 9.93. The van der Waals surface area contributed by atoms with Gasteiger partial charge in [-0.15, -0.1) is 0 Å². The Morgan fingerprint density at radius 1 is 1.00 bits per heavy atom. The number of nitrogens with zero attached hydrogens (tertiary/aromatic N) is 4. The van der Waals surface area contributed by atoms with E-state index in [0.29, 0.717) is 22.7 Å². The molecule has 0 saturated carbocycles. The van der Waals surface area contributed by atoms with Crippen LogP contribution in [-0.2, 0) is 11.8 Å². The van der Waals surface area contributed by atoms with Crippen molar-refractivity contribution in [1.82, 2.24) is 14.7 Å². The van der Waals surface area contributed by atoms with Crippen LogP contribution in [0.5, 0.6) is 5.75 Å². The molecular formula is C29H31ClN4O2. The number of benzene rings is 3. The molecule has 186 valence electrons. The first kappa shape index (κ1) is 26.7. The number of phenols is 1. The highest BCUT2D eigenvalue weighted by Crippen LogP contribution is 2.42. The maximum Gasteiger partial charge on any atom is 0.226 e. The van der Waals surface area contributed by atoms with Crippen LogP contribution in [-0.4, -0.2) is 40.3 Å². The molecule has 0 atom stereocenters. The van der Waals surface area contributed by atoms with Gasteiger partial charge in [0.1, 0.15) is 5.75 Å². The van der Waals surface area contributed by atoms with Crippen molar-refractivity contribution in [2.24, 2.45) is 7.05 Å². The van der Waals surface area contributed by atoms with E-state index < -0.39 is 0 Å². The van der Waals surface area contributed by atoms with Crippen LogP contribution in [0.15, 0.2) is 48.7 Å². The molecule has 0 radical (unpaired) electrons. The van der Waals surface area contributed by atoms with Gasteiger partial charge >= 0.3 is 0 Å². The maximum absolute atomic E-state index is 11.6. The molecule has 6 nitrogen and oxygen atoms in total. The summed E-state index contributed by atoms with van der Waals surface area (Å²) in [5, 5.41) is 17.1. The Bertz CT molecular complexity index is 1480. The number of fused-ring (bicyclic) bond motifs is 1. The second-order valence-corrected chi connectivity index (χ2v) is 8.87. The van der Waals surface area contributed by atoms with Gasteiger partial charge in [-0.3, -0.25) is 9.48 Å². The lowest BCUT2D eigenvalue weighted by molar-refractivity contribution is -0.106. The fraction of sp³-hybridized carbons (Fsp3) is 0.241. The van der Waals surface area contributed by atoms with E-state index in [4.69, 9.17) is 11.6 Å². The van der Waals surface area contributed by atoms with Gasteiger partial charge in [0.2, 0.25) is 6.41 Å². The van der Waals surface area contributed by atoms with Crippen LogP contribution in [0.2, 0.25) is 5.02 Å². The second kappa shape index (κ2) is 11.2. The van der Waals surface area contributed by atoms with Crippen molar-refractivity contribution in [3.8, 4) is 40.1 Å². The Kier molecular flexibility index (Phi) is 8.29. The van der Waals surface area contributed by atoms with Gasteiger partial charge in [-0.25, -0.2) is 4.90 Å². The molecule has 0 bridgehead atoms. The standard InChI is InChI=1S/C27H25ClN4O2.C2H6/c1-17-10-21(19-6-7-25(24(28)13-19)32(16-33)9-8-30(3)4)27(34)22(11-17)20-12-18(2)23-15-29-31(5)26(23)14-20;1-2/h6-7,10-16,34H,1-5H3;1-2H3. The molecule has 0 fully saturated rings. The molecule has 0 saturated heterocycles. The van der Waals surface area contributed by atoms with Crippen molar-refractivity contribution in [2.45, 2.75) is 27.7 Å². The van der Waals surface area contributed by atoms with E-state index in [1.807, 2.05) is 69.9 Å². The van der Waals surface area contributed by atoms with Gasteiger partial charge in [-0.2, -0.15) is 5.10 Å². The average molecular weight is 503 g/mol. The number of halogens is 1. The smallest absolute Gasteiger partial charge is 0.226 e. The van der Waals surface area contributed by atoms with E-state index in [1.54, 1.807) is 31.1 Å². The van der Waals surface area contributed by atoms with E-state index >= 15 is 0 Å². The predicted molar refractivity (Wildman–Crippen MR) is 149 cm³/mol. The van der Waals surface area contributed by atoms with Gasteiger partial charge in [0.25, 0.3) is 0 Å². The first-order valence-corrected chi connectivity index (χ1v) is 12.1. The Balaban J connectivity index is 0.00000176. The van der Waals surface area contributed by atoms with Gasteiger partial charge in [0.05, 0.1) is 22.4 Å². The van der Waals surface area contributed by atoms with Gasteiger partial charge in [0, 0.05) is 49.7 Å². The van der Waals surface area contributed by atoms with Crippen molar-refractivity contribution < 1.29 is 9.90 Å². The quantitative estimate of drug-likeness (QED) is 0.200. The highest BCUT2D eigenvalue weighted by Gasteiger charge is 2.17. The molecule has 0 spiro atoms. The van der Waals surface area contributed by atoms with E-state index in [1.165, 1.54) is 4.90 Å². The molecule has 1 heterocycles. The van der Waals surface area contributed by atoms with Gasteiger partial charge in [0.15, 0.2) is 0 Å². The number of anilines is 1. The second-order valence-electron chi connectivity index (χ2n) is 8.46. The molecule has 0 aliphatic rings. The summed E-state index contributed by atoms with van der Waals surface area (Å²) in [6.45, 7) is 8.03. The third-order valence-corrected chi connectivity index (χ3v) is 5.96. The number of hydrogen-bond donors (Lipinski definition) is 1. The zero-order valence-corrected chi connectivity index (χ0v) is 22.5. The SMILES string of the molecule is CC.Cc1cc(-c2ccc(N(C#CN(C)C)C=O)c(Cl)c2)c(O)c(-c2cc(C)c3cnn(C)c3c2)c1. The number of amides is 1. The summed E-state index contributed by atoms with van der Waals surface area (Å²) >= 11 is 6.53. The zero-order chi connectivity index (χ0) is 26.6. The van der Waals surface area contributed by atoms with E-state index in [-0.39, 0.29) is 5.75 Å². The lowest BCUT2D eigenvalue weighted by Crippen LogP contribution is -2.15. The molecule has 0 unspecified atom stereocenters. The van der Waals surface area contributed by atoms with Crippen molar-refractivity contribution in [2.75, 3.05) is 19.0 Å². The Morgan fingerprint density at radius 3 is 2.28 bits per heavy atom. The van der Waals surface area contributed by atoms with Crippen molar-refractivity contribution >= 4 is 34.6 Å². The summed E-state index contributed by atoms with van der Waals surface area (Å²) in [6.07, 6.45) is 2.47. The normalized spacial score (nSPS) is 10.2. The third kappa shape index (κ3) is 5.32. The minimum absolute atomic E-state index is 0.162. The topological polar surface area (TPSA) is 61.6 Å². The monoisotopic (exact) mass is 502 g/mol. The summed E-state index contributed by atoms with van der Waals surface area (Å²) in [5.41, 5.74) is 6.58.